The van der Waals surface area contributed by atoms with Crippen LogP contribution in [0.4, 0.5) is 0 Å². The third kappa shape index (κ3) is 3.79. The number of sulfone groups is 1. The number of aromatic nitrogens is 2. The van der Waals surface area contributed by atoms with E-state index in [2.05, 4.69) is 15.3 Å². The summed E-state index contributed by atoms with van der Waals surface area (Å²) in [6.07, 6.45) is 1.40. The van der Waals surface area contributed by atoms with E-state index in [4.69, 9.17) is 16.3 Å². The minimum Gasteiger partial charge on any atom is -0.497 e. The van der Waals surface area contributed by atoms with Crippen LogP contribution in [0.3, 0.4) is 0 Å². The number of halogens is 1. The fourth-order valence-corrected chi connectivity index (χ4v) is 5.76. The van der Waals surface area contributed by atoms with Crippen LogP contribution < -0.4 is 10.1 Å². The summed E-state index contributed by atoms with van der Waals surface area (Å²) in [5.74, 6) is 0.106. The van der Waals surface area contributed by atoms with Gasteiger partial charge in [0.25, 0.3) is 5.91 Å². The molecule has 2 heterocycles. The van der Waals surface area contributed by atoms with Crippen LogP contribution in [0.15, 0.2) is 63.3 Å². The van der Waals surface area contributed by atoms with Crippen molar-refractivity contribution in [3.05, 3.63) is 70.3 Å². The van der Waals surface area contributed by atoms with Gasteiger partial charge >= 0.3 is 0 Å². The van der Waals surface area contributed by atoms with Gasteiger partial charge in [0.2, 0.25) is 14.2 Å². The lowest BCUT2D eigenvalue weighted by Gasteiger charge is -2.08. The molecule has 2 N–H and O–H groups in total. The molecule has 154 valence electrons. The van der Waals surface area contributed by atoms with Crippen molar-refractivity contribution in [1.82, 2.24) is 15.3 Å². The number of amides is 1. The van der Waals surface area contributed by atoms with Gasteiger partial charge in [-0.05, 0) is 35.9 Å². The molecule has 0 saturated heterocycles. The summed E-state index contributed by atoms with van der Waals surface area (Å²) in [7, 11) is -2.47. The van der Waals surface area contributed by atoms with Gasteiger partial charge < -0.3 is 15.0 Å². The Morgan fingerprint density at radius 2 is 2.10 bits per heavy atom. The number of aromatic amines is 1. The topological polar surface area (TPSA) is 101 Å². The fraction of sp³-hybridized carbons (Fsp3) is 0.100. The minimum atomic E-state index is -4.03. The minimum absolute atomic E-state index is 0.0645. The average Bonchev–Trinajstić information content (AvgIpc) is 3.40. The largest absolute Gasteiger partial charge is 0.497 e. The monoisotopic (exact) mass is 461 g/mol. The van der Waals surface area contributed by atoms with E-state index in [0.717, 1.165) is 16.9 Å². The van der Waals surface area contributed by atoms with Crippen LogP contribution in [-0.2, 0) is 16.4 Å². The van der Waals surface area contributed by atoms with Crippen molar-refractivity contribution in [2.75, 3.05) is 7.11 Å². The summed E-state index contributed by atoms with van der Waals surface area (Å²) in [6.45, 7) is 0.197. The number of carbonyl (C=O) groups is 1. The number of benzene rings is 2. The summed E-state index contributed by atoms with van der Waals surface area (Å²) in [4.78, 5) is 19.7. The highest BCUT2D eigenvalue weighted by atomic mass is 35.5. The first-order valence-corrected chi connectivity index (χ1v) is 11.5. The SMILES string of the molecule is COc1cccc(CNC(=O)c2[nH]c3ccc(Cl)cc3c2S(=O)(=O)c2nccs2)c1. The van der Waals surface area contributed by atoms with Crippen LogP contribution in [0.5, 0.6) is 5.75 Å². The predicted molar refractivity (Wildman–Crippen MR) is 115 cm³/mol. The first-order valence-electron chi connectivity index (χ1n) is 8.77. The molecule has 4 rings (SSSR count). The number of hydrogen-bond donors (Lipinski definition) is 2. The number of ether oxygens (including phenoxy) is 1. The van der Waals surface area contributed by atoms with E-state index in [1.54, 1.807) is 36.8 Å². The number of methoxy groups -OCH3 is 1. The van der Waals surface area contributed by atoms with Crippen LogP contribution in [0.2, 0.25) is 5.02 Å². The second-order valence-electron chi connectivity index (χ2n) is 6.35. The Labute approximate surface area is 181 Å². The molecule has 2 aromatic heterocycles. The number of carbonyl (C=O) groups excluding carboxylic acids is 1. The molecule has 10 heteroatoms. The maximum atomic E-state index is 13.3. The Morgan fingerprint density at radius 3 is 2.83 bits per heavy atom. The normalized spacial score (nSPS) is 11.5. The van der Waals surface area contributed by atoms with Crippen molar-refractivity contribution >= 4 is 49.6 Å². The summed E-state index contributed by atoms with van der Waals surface area (Å²) in [5.41, 5.74) is 1.23. The number of nitrogens with one attached hydrogen (secondary N) is 2. The van der Waals surface area contributed by atoms with Crippen molar-refractivity contribution in [2.24, 2.45) is 0 Å². The van der Waals surface area contributed by atoms with Crippen molar-refractivity contribution in [1.29, 1.82) is 0 Å². The highest BCUT2D eigenvalue weighted by molar-refractivity contribution is 7.93. The summed E-state index contributed by atoms with van der Waals surface area (Å²) in [6, 6.07) is 12.0. The van der Waals surface area contributed by atoms with E-state index >= 15 is 0 Å². The molecule has 0 aliphatic heterocycles. The van der Waals surface area contributed by atoms with Gasteiger partial charge in [0, 0.05) is 34.0 Å². The molecule has 4 aromatic rings. The Hall–Kier alpha value is -2.88. The predicted octanol–water partition coefficient (Wildman–Crippen LogP) is 4.05. The van der Waals surface area contributed by atoms with Crippen molar-refractivity contribution in [3.8, 4) is 5.75 Å². The number of hydrogen-bond acceptors (Lipinski definition) is 6. The van der Waals surface area contributed by atoms with Gasteiger partial charge in [0.1, 0.15) is 16.3 Å². The van der Waals surface area contributed by atoms with E-state index in [0.29, 0.717) is 21.7 Å². The Kier molecular flexibility index (Phi) is 5.50. The van der Waals surface area contributed by atoms with Crippen LogP contribution >= 0.6 is 22.9 Å². The van der Waals surface area contributed by atoms with Crippen molar-refractivity contribution in [3.63, 3.8) is 0 Å². The van der Waals surface area contributed by atoms with E-state index < -0.39 is 15.7 Å². The molecule has 0 unspecified atom stereocenters. The number of rotatable bonds is 6. The lowest BCUT2D eigenvalue weighted by atomic mass is 10.2. The molecule has 0 fully saturated rings. The summed E-state index contributed by atoms with van der Waals surface area (Å²) < 4.78 is 31.6. The molecule has 0 bridgehead atoms. The van der Waals surface area contributed by atoms with Gasteiger partial charge in [0.15, 0.2) is 0 Å². The van der Waals surface area contributed by atoms with E-state index in [1.807, 2.05) is 12.1 Å². The number of fused-ring (bicyclic) bond motifs is 1. The molecule has 2 aromatic carbocycles. The standard InChI is InChI=1S/C20H16ClN3O4S2/c1-28-14-4-2-3-12(9-14)11-23-19(25)17-18(30(26,27)20-22-7-8-29-20)15-10-13(21)5-6-16(15)24-17/h2-10,24H,11H2,1H3,(H,23,25). The summed E-state index contributed by atoms with van der Waals surface area (Å²) in [5, 5.41) is 5.03. The van der Waals surface area contributed by atoms with Gasteiger partial charge in [-0.3, -0.25) is 4.79 Å². The molecule has 1 amide bonds. The third-order valence-corrected chi connectivity index (χ3v) is 7.71. The number of thiazole rings is 1. The lowest BCUT2D eigenvalue weighted by molar-refractivity contribution is 0.0943. The molecule has 0 aliphatic rings. The Bertz CT molecular complexity index is 1330. The lowest BCUT2D eigenvalue weighted by Crippen LogP contribution is -2.25. The van der Waals surface area contributed by atoms with Gasteiger partial charge in [-0.15, -0.1) is 11.3 Å². The maximum Gasteiger partial charge on any atom is 0.269 e. The maximum absolute atomic E-state index is 13.3. The van der Waals surface area contributed by atoms with Crippen LogP contribution in [0, 0.1) is 0 Å². The average molecular weight is 462 g/mol. The zero-order chi connectivity index (χ0) is 21.3. The van der Waals surface area contributed by atoms with Crippen LogP contribution in [-0.4, -0.2) is 31.4 Å². The molecule has 0 saturated carbocycles. The molecule has 7 nitrogen and oxygen atoms in total. The molecule has 30 heavy (non-hydrogen) atoms. The molecule has 0 radical (unpaired) electrons. The Balaban J connectivity index is 1.75. The highest BCUT2D eigenvalue weighted by Gasteiger charge is 2.31. The van der Waals surface area contributed by atoms with Crippen LogP contribution in [0.25, 0.3) is 10.9 Å². The fourth-order valence-electron chi connectivity index (χ4n) is 3.06. The van der Waals surface area contributed by atoms with Gasteiger partial charge in [0.05, 0.1) is 7.11 Å². The zero-order valence-electron chi connectivity index (χ0n) is 15.7. The van der Waals surface area contributed by atoms with Crippen molar-refractivity contribution < 1.29 is 17.9 Å². The molecular weight excluding hydrogens is 446 g/mol. The van der Waals surface area contributed by atoms with Gasteiger partial charge in [-0.2, -0.15) is 0 Å². The van der Waals surface area contributed by atoms with Crippen LogP contribution in [0.1, 0.15) is 16.1 Å². The third-order valence-electron chi connectivity index (χ3n) is 4.44. The first kappa shape index (κ1) is 20.4. The summed E-state index contributed by atoms with van der Waals surface area (Å²) >= 11 is 7.07. The number of nitrogens with zero attached hydrogens (tertiary/aromatic N) is 1. The van der Waals surface area contributed by atoms with Gasteiger partial charge in [-0.25, -0.2) is 13.4 Å². The van der Waals surface area contributed by atoms with Gasteiger partial charge in [-0.1, -0.05) is 23.7 Å². The molecule has 0 spiro atoms. The quantitative estimate of drug-likeness (QED) is 0.451. The smallest absolute Gasteiger partial charge is 0.269 e. The molecular formula is C20H16ClN3O4S2. The second-order valence-corrected chi connectivity index (χ2v) is 9.75. The second kappa shape index (κ2) is 8.10. The van der Waals surface area contributed by atoms with E-state index in [9.17, 15) is 13.2 Å². The Morgan fingerprint density at radius 1 is 1.27 bits per heavy atom. The molecule has 0 aliphatic carbocycles. The number of H-pyrrole nitrogens is 1. The first-order chi connectivity index (χ1) is 14.4. The highest BCUT2D eigenvalue weighted by Crippen LogP contribution is 2.34. The zero-order valence-corrected chi connectivity index (χ0v) is 18.1. The van der Waals surface area contributed by atoms with E-state index in [-0.39, 0.29) is 21.5 Å². The molecule has 0 atom stereocenters. The van der Waals surface area contributed by atoms with Crippen molar-refractivity contribution in [2.45, 2.75) is 15.8 Å². The van der Waals surface area contributed by atoms with E-state index in [1.165, 1.54) is 12.3 Å².